The minimum Gasteiger partial charge on any atom is -0.491 e. The third kappa shape index (κ3) is 5.91. The Hall–Kier alpha value is -1.57. The highest BCUT2D eigenvalue weighted by Crippen LogP contribution is 2.14. The number of carbonyl (C=O) groups is 1. The molecule has 0 heterocycles. The molecule has 0 radical (unpaired) electrons. The van der Waals surface area contributed by atoms with Crippen molar-refractivity contribution in [3.63, 3.8) is 0 Å². The van der Waals surface area contributed by atoms with Gasteiger partial charge in [-0.3, -0.25) is 0 Å². The molecule has 1 rings (SSSR count). The van der Waals surface area contributed by atoms with E-state index in [2.05, 4.69) is 0 Å². The molecule has 0 saturated carbocycles. The van der Waals surface area contributed by atoms with E-state index in [-0.39, 0.29) is 11.9 Å². The van der Waals surface area contributed by atoms with Crippen LogP contribution in [0.15, 0.2) is 30.3 Å². The van der Waals surface area contributed by atoms with E-state index >= 15 is 0 Å². The van der Waals surface area contributed by atoms with Crippen LogP contribution in [0.4, 0.5) is 0 Å². The molecule has 0 unspecified atom stereocenters. The van der Waals surface area contributed by atoms with Crippen LogP contribution in [0, 0.1) is 0 Å². The molecule has 0 atom stereocenters. The fourth-order valence-corrected chi connectivity index (χ4v) is 1.44. The van der Waals surface area contributed by atoms with Gasteiger partial charge in [0.2, 0.25) is 0 Å². The third-order valence-corrected chi connectivity index (χ3v) is 2.23. The molecule has 1 aromatic carbocycles. The number of ether oxygens (including phenoxy) is 1. The minimum absolute atomic E-state index is 0.201. The number of rotatable bonds is 6. The molecule has 17 heavy (non-hydrogen) atoms. The molecule has 0 amide bonds. The van der Waals surface area contributed by atoms with Crippen molar-refractivity contribution in [2.45, 2.75) is 39.7 Å². The molecular weight excluding hydrogens is 212 g/mol. The Kier molecular flexibility index (Phi) is 5.47. The SMILES string of the molecule is CC(=O)CC/C=C/c1ccc(OC(C)C)cc1. The molecule has 0 aliphatic rings. The lowest BCUT2D eigenvalue weighted by atomic mass is 10.1. The largest absolute Gasteiger partial charge is 0.491 e. The molecule has 0 aromatic heterocycles. The Balaban J connectivity index is 2.47. The predicted molar refractivity (Wildman–Crippen MR) is 71.2 cm³/mol. The van der Waals surface area contributed by atoms with Crippen LogP contribution in [0.2, 0.25) is 0 Å². The van der Waals surface area contributed by atoms with E-state index in [0.717, 1.165) is 17.7 Å². The van der Waals surface area contributed by atoms with Crippen LogP contribution in [0.1, 0.15) is 39.2 Å². The predicted octanol–water partition coefficient (Wildman–Crippen LogP) is 3.86. The summed E-state index contributed by atoms with van der Waals surface area (Å²) in [5, 5.41) is 0. The number of hydrogen-bond donors (Lipinski definition) is 0. The van der Waals surface area contributed by atoms with Crippen molar-refractivity contribution in [2.75, 3.05) is 0 Å². The minimum atomic E-state index is 0.201. The fraction of sp³-hybridized carbons (Fsp3) is 0.400. The van der Waals surface area contributed by atoms with Crippen LogP contribution >= 0.6 is 0 Å². The summed E-state index contributed by atoms with van der Waals surface area (Å²) < 4.78 is 5.56. The first-order valence-corrected chi connectivity index (χ1v) is 6.00. The summed E-state index contributed by atoms with van der Waals surface area (Å²) >= 11 is 0. The fourth-order valence-electron chi connectivity index (χ4n) is 1.44. The molecule has 2 nitrogen and oxygen atoms in total. The maximum atomic E-state index is 10.8. The van der Waals surface area contributed by atoms with Crippen molar-refractivity contribution >= 4 is 11.9 Å². The Labute approximate surface area is 103 Å². The van der Waals surface area contributed by atoms with E-state index in [4.69, 9.17) is 4.74 Å². The summed E-state index contributed by atoms with van der Waals surface area (Å²) in [5.74, 6) is 1.12. The van der Waals surface area contributed by atoms with Crippen molar-refractivity contribution in [1.29, 1.82) is 0 Å². The van der Waals surface area contributed by atoms with Crippen LogP contribution < -0.4 is 4.74 Å². The van der Waals surface area contributed by atoms with Crippen molar-refractivity contribution in [3.8, 4) is 5.75 Å². The molecular formula is C15H20O2. The number of allylic oxidation sites excluding steroid dienone is 1. The molecule has 0 saturated heterocycles. The average Bonchev–Trinajstić information content (AvgIpc) is 2.25. The number of benzene rings is 1. The van der Waals surface area contributed by atoms with Gasteiger partial charge in [0.05, 0.1) is 6.10 Å². The van der Waals surface area contributed by atoms with Gasteiger partial charge in [0.1, 0.15) is 11.5 Å². The Morgan fingerprint density at radius 2 is 1.94 bits per heavy atom. The standard InChI is InChI=1S/C15H20O2/c1-12(2)17-15-10-8-14(9-11-15)7-5-4-6-13(3)16/h5,7-12H,4,6H2,1-3H3/b7-5+. The van der Waals surface area contributed by atoms with Gasteiger partial charge in [0.25, 0.3) is 0 Å². The van der Waals surface area contributed by atoms with E-state index in [1.54, 1.807) is 6.92 Å². The lowest BCUT2D eigenvalue weighted by molar-refractivity contribution is -0.116. The maximum Gasteiger partial charge on any atom is 0.130 e. The van der Waals surface area contributed by atoms with Crippen LogP contribution in [0.5, 0.6) is 5.75 Å². The van der Waals surface area contributed by atoms with E-state index in [0.29, 0.717) is 6.42 Å². The number of Topliss-reactive ketones (excluding diaryl/α,β-unsaturated/α-hetero) is 1. The van der Waals surface area contributed by atoms with Gasteiger partial charge in [-0.1, -0.05) is 24.3 Å². The molecule has 0 bridgehead atoms. The smallest absolute Gasteiger partial charge is 0.130 e. The van der Waals surface area contributed by atoms with Gasteiger partial charge in [-0.25, -0.2) is 0 Å². The lowest BCUT2D eigenvalue weighted by Gasteiger charge is -2.09. The molecule has 0 aliphatic carbocycles. The van der Waals surface area contributed by atoms with Crippen molar-refractivity contribution < 1.29 is 9.53 Å². The second kappa shape index (κ2) is 6.89. The van der Waals surface area contributed by atoms with Crippen LogP contribution in [-0.4, -0.2) is 11.9 Å². The topological polar surface area (TPSA) is 26.3 Å². The first kappa shape index (κ1) is 13.5. The molecule has 92 valence electrons. The summed E-state index contributed by atoms with van der Waals surface area (Å²) in [6.45, 7) is 5.64. The highest BCUT2D eigenvalue weighted by atomic mass is 16.5. The monoisotopic (exact) mass is 232 g/mol. The Morgan fingerprint density at radius 1 is 1.29 bits per heavy atom. The Morgan fingerprint density at radius 3 is 2.47 bits per heavy atom. The highest BCUT2D eigenvalue weighted by molar-refractivity contribution is 5.75. The van der Waals surface area contributed by atoms with Gasteiger partial charge in [0, 0.05) is 6.42 Å². The first-order valence-electron chi connectivity index (χ1n) is 6.00. The maximum absolute atomic E-state index is 10.8. The van der Waals surface area contributed by atoms with Gasteiger partial charge in [-0.2, -0.15) is 0 Å². The van der Waals surface area contributed by atoms with Crippen LogP contribution in [0.3, 0.4) is 0 Å². The van der Waals surface area contributed by atoms with Gasteiger partial charge in [0.15, 0.2) is 0 Å². The van der Waals surface area contributed by atoms with Crippen LogP contribution in [0.25, 0.3) is 6.08 Å². The molecule has 0 N–H and O–H groups in total. The van der Waals surface area contributed by atoms with E-state index in [9.17, 15) is 4.79 Å². The van der Waals surface area contributed by atoms with E-state index in [1.165, 1.54) is 0 Å². The first-order chi connectivity index (χ1) is 8.08. The second-order valence-electron chi connectivity index (χ2n) is 4.38. The molecule has 2 heteroatoms. The number of hydrogen-bond acceptors (Lipinski definition) is 2. The quantitative estimate of drug-likeness (QED) is 0.744. The van der Waals surface area contributed by atoms with Crippen molar-refractivity contribution in [1.82, 2.24) is 0 Å². The van der Waals surface area contributed by atoms with Crippen molar-refractivity contribution in [3.05, 3.63) is 35.9 Å². The zero-order chi connectivity index (χ0) is 12.7. The summed E-state index contributed by atoms with van der Waals surface area (Å²) in [4.78, 5) is 10.8. The summed E-state index contributed by atoms with van der Waals surface area (Å²) in [6.07, 6.45) is 5.68. The highest BCUT2D eigenvalue weighted by Gasteiger charge is 1.96. The number of carbonyl (C=O) groups excluding carboxylic acids is 1. The van der Waals surface area contributed by atoms with E-state index < -0.39 is 0 Å². The number of ketones is 1. The third-order valence-electron chi connectivity index (χ3n) is 2.23. The van der Waals surface area contributed by atoms with Gasteiger partial charge in [-0.15, -0.1) is 0 Å². The zero-order valence-corrected chi connectivity index (χ0v) is 10.8. The second-order valence-corrected chi connectivity index (χ2v) is 4.38. The molecule has 0 aliphatic heterocycles. The van der Waals surface area contributed by atoms with Crippen LogP contribution in [-0.2, 0) is 4.79 Å². The average molecular weight is 232 g/mol. The lowest BCUT2D eigenvalue weighted by Crippen LogP contribution is -2.05. The zero-order valence-electron chi connectivity index (χ0n) is 10.8. The summed E-state index contributed by atoms with van der Waals surface area (Å²) in [6, 6.07) is 7.96. The molecule has 1 aromatic rings. The summed E-state index contributed by atoms with van der Waals surface area (Å²) in [5.41, 5.74) is 1.13. The Bertz CT molecular complexity index is 374. The molecule has 0 fully saturated rings. The van der Waals surface area contributed by atoms with Gasteiger partial charge < -0.3 is 9.53 Å². The summed E-state index contributed by atoms with van der Waals surface area (Å²) in [7, 11) is 0. The van der Waals surface area contributed by atoms with Gasteiger partial charge in [-0.05, 0) is 44.9 Å². The van der Waals surface area contributed by atoms with Gasteiger partial charge >= 0.3 is 0 Å². The van der Waals surface area contributed by atoms with Crippen molar-refractivity contribution in [2.24, 2.45) is 0 Å². The normalized spacial score (nSPS) is 11.1. The molecule has 0 spiro atoms. The van der Waals surface area contributed by atoms with E-state index in [1.807, 2.05) is 50.3 Å².